The summed E-state index contributed by atoms with van der Waals surface area (Å²) >= 11 is 0. The lowest BCUT2D eigenvalue weighted by Crippen LogP contribution is -2.27. The Bertz CT molecular complexity index is 745. The minimum Gasteiger partial charge on any atom is -0.506 e. The maximum absolute atomic E-state index is 13.8. The van der Waals surface area contributed by atoms with Gasteiger partial charge in [0, 0.05) is 16.8 Å². The Morgan fingerprint density at radius 1 is 0.762 bits per heavy atom. The predicted molar refractivity (Wildman–Crippen MR) is 85.3 cm³/mol. The van der Waals surface area contributed by atoms with E-state index >= 15 is 0 Å². The fourth-order valence-electron chi connectivity index (χ4n) is 2.30. The average Bonchev–Trinajstić information content (AvgIpc) is 2.56. The summed E-state index contributed by atoms with van der Waals surface area (Å²) in [4.78, 5) is 4.19. The van der Waals surface area contributed by atoms with E-state index in [1.165, 1.54) is 6.07 Å². The predicted octanol–water partition coefficient (Wildman–Crippen LogP) is 2.43. The lowest BCUT2D eigenvalue weighted by Gasteiger charge is -2.19. The van der Waals surface area contributed by atoms with Gasteiger partial charge in [-0.3, -0.25) is 0 Å². The standard InChI is InChI=1S/C17H14NO2P/c19-16-12-7-13-18-17(16)21(20,14-8-3-1-4-9-14)15-10-5-2-6-11-15/h1-13,19H. The molecule has 104 valence electrons. The molecule has 1 aromatic heterocycles. The van der Waals surface area contributed by atoms with Gasteiger partial charge in [-0.05, 0) is 12.1 Å². The summed E-state index contributed by atoms with van der Waals surface area (Å²) in [7, 11) is -3.18. The molecule has 0 aliphatic rings. The molecule has 1 heterocycles. The summed E-state index contributed by atoms with van der Waals surface area (Å²) in [5.74, 6) is -0.0476. The van der Waals surface area contributed by atoms with E-state index in [0.717, 1.165) is 0 Å². The molecule has 1 N–H and O–H groups in total. The van der Waals surface area contributed by atoms with Gasteiger partial charge in [0.1, 0.15) is 11.2 Å². The fraction of sp³-hybridized carbons (Fsp3) is 0. The summed E-state index contributed by atoms with van der Waals surface area (Å²) in [5.41, 5.74) is 0.224. The molecule has 0 amide bonds. The first-order chi connectivity index (χ1) is 10.2. The van der Waals surface area contributed by atoms with E-state index in [2.05, 4.69) is 4.98 Å². The first-order valence-electron chi connectivity index (χ1n) is 6.59. The van der Waals surface area contributed by atoms with Crippen molar-refractivity contribution in [3.63, 3.8) is 0 Å². The van der Waals surface area contributed by atoms with Crippen molar-refractivity contribution >= 4 is 23.2 Å². The minimum absolute atomic E-state index is 0.0476. The highest BCUT2D eigenvalue weighted by Crippen LogP contribution is 2.43. The number of aromatic hydroxyl groups is 1. The molecule has 21 heavy (non-hydrogen) atoms. The van der Waals surface area contributed by atoms with Crippen LogP contribution in [0.15, 0.2) is 79.0 Å². The molecule has 4 heteroatoms. The van der Waals surface area contributed by atoms with Crippen LogP contribution in [-0.2, 0) is 4.57 Å². The number of aromatic nitrogens is 1. The first kappa shape index (κ1) is 13.6. The van der Waals surface area contributed by atoms with Crippen LogP contribution >= 0.6 is 7.14 Å². The Kier molecular flexibility index (Phi) is 3.59. The second-order valence-electron chi connectivity index (χ2n) is 4.63. The first-order valence-corrected chi connectivity index (χ1v) is 8.29. The molecular formula is C17H14NO2P. The van der Waals surface area contributed by atoms with E-state index in [4.69, 9.17) is 0 Å². The zero-order valence-electron chi connectivity index (χ0n) is 11.3. The monoisotopic (exact) mass is 295 g/mol. The summed E-state index contributed by atoms with van der Waals surface area (Å²) in [6.07, 6.45) is 1.55. The Hall–Kier alpha value is -2.38. The van der Waals surface area contributed by atoms with Gasteiger partial charge in [-0.1, -0.05) is 60.7 Å². The van der Waals surface area contributed by atoms with Gasteiger partial charge in [0.25, 0.3) is 0 Å². The maximum Gasteiger partial charge on any atom is 0.192 e. The number of nitrogens with zero attached hydrogens (tertiary/aromatic N) is 1. The molecule has 0 aliphatic carbocycles. The Morgan fingerprint density at radius 2 is 1.29 bits per heavy atom. The van der Waals surface area contributed by atoms with Crippen molar-refractivity contribution in [2.24, 2.45) is 0 Å². The normalized spacial score (nSPS) is 11.2. The van der Waals surface area contributed by atoms with Crippen LogP contribution in [0.25, 0.3) is 0 Å². The summed E-state index contributed by atoms with van der Waals surface area (Å²) < 4.78 is 13.8. The van der Waals surface area contributed by atoms with Crippen LogP contribution in [0.1, 0.15) is 0 Å². The van der Waals surface area contributed by atoms with Crippen LogP contribution in [-0.4, -0.2) is 10.1 Å². The van der Waals surface area contributed by atoms with Crippen molar-refractivity contribution in [1.29, 1.82) is 0 Å². The molecule has 0 spiro atoms. The van der Waals surface area contributed by atoms with Crippen LogP contribution in [0, 0.1) is 0 Å². The number of pyridine rings is 1. The fourth-order valence-corrected chi connectivity index (χ4v) is 4.90. The highest BCUT2D eigenvalue weighted by atomic mass is 31.2. The smallest absolute Gasteiger partial charge is 0.192 e. The summed E-state index contributed by atoms with van der Waals surface area (Å²) in [5, 5.41) is 11.4. The Morgan fingerprint density at radius 3 is 1.76 bits per heavy atom. The summed E-state index contributed by atoms with van der Waals surface area (Å²) in [6, 6.07) is 21.5. The van der Waals surface area contributed by atoms with E-state index in [1.54, 1.807) is 12.3 Å². The van der Waals surface area contributed by atoms with Gasteiger partial charge in [-0.15, -0.1) is 0 Å². The molecular weight excluding hydrogens is 281 g/mol. The van der Waals surface area contributed by atoms with Gasteiger partial charge in [-0.25, -0.2) is 4.98 Å². The molecule has 0 atom stereocenters. The van der Waals surface area contributed by atoms with E-state index in [0.29, 0.717) is 10.6 Å². The van der Waals surface area contributed by atoms with Crippen molar-refractivity contribution < 1.29 is 9.67 Å². The van der Waals surface area contributed by atoms with Crippen LogP contribution in [0.3, 0.4) is 0 Å². The Balaban J connectivity index is 2.32. The molecule has 0 radical (unpaired) electrons. The van der Waals surface area contributed by atoms with Crippen LogP contribution < -0.4 is 16.0 Å². The van der Waals surface area contributed by atoms with Crippen molar-refractivity contribution in [1.82, 2.24) is 4.98 Å². The molecule has 0 unspecified atom stereocenters. The molecule has 2 aromatic carbocycles. The lowest BCUT2D eigenvalue weighted by molar-refractivity contribution is 0.477. The van der Waals surface area contributed by atoms with E-state index in [1.807, 2.05) is 60.7 Å². The van der Waals surface area contributed by atoms with Gasteiger partial charge in [-0.2, -0.15) is 0 Å². The average molecular weight is 295 g/mol. The second-order valence-corrected chi connectivity index (χ2v) is 7.30. The van der Waals surface area contributed by atoms with Crippen LogP contribution in [0.4, 0.5) is 0 Å². The molecule has 0 saturated heterocycles. The third-order valence-corrected chi connectivity index (χ3v) is 6.30. The molecule has 3 nitrogen and oxygen atoms in total. The van der Waals surface area contributed by atoms with Crippen molar-refractivity contribution in [3.05, 3.63) is 79.0 Å². The minimum atomic E-state index is -3.18. The molecule has 3 aromatic rings. The quantitative estimate of drug-likeness (QED) is 0.755. The van der Waals surface area contributed by atoms with Crippen molar-refractivity contribution in [3.8, 4) is 5.75 Å². The van der Waals surface area contributed by atoms with Gasteiger partial charge in [0.05, 0.1) is 0 Å². The molecule has 0 bridgehead atoms. The SMILES string of the molecule is O=P(c1ccccc1)(c1ccccc1)c1ncccc1O. The van der Waals surface area contributed by atoms with Gasteiger partial charge in [0.2, 0.25) is 0 Å². The van der Waals surface area contributed by atoms with E-state index in [-0.39, 0.29) is 11.2 Å². The third kappa shape index (κ3) is 2.37. The van der Waals surface area contributed by atoms with Crippen LogP contribution in [0.5, 0.6) is 5.75 Å². The van der Waals surface area contributed by atoms with Gasteiger partial charge in [0.15, 0.2) is 7.14 Å². The maximum atomic E-state index is 13.8. The van der Waals surface area contributed by atoms with Crippen molar-refractivity contribution in [2.75, 3.05) is 0 Å². The van der Waals surface area contributed by atoms with Gasteiger partial charge >= 0.3 is 0 Å². The number of rotatable bonds is 3. The molecule has 0 saturated carbocycles. The molecule has 0 aliphatic heterocycles. The van der Waals surface area contributed by atoms with E-state index < -0.39 is 7.14 Å². The highest BCUT2D eigenvalue weighted by molar-refractivity contribution is 7.85. The summed E-state index contributed by atoms with van der Waals surface area (Å²) in [6.45, 7) is 0. The van der Waals surface area contributed by atoms with Gasteiger partial charge < -0.3 is 9.67 Å². The van der Waals surface area contributed by atoms with Crippen molar-refractivity contribution in [2.45, 2.75) is 0 Å². The number of benzene rings is 2. The largest absolute Gasteiger partial charge is 0.506 e. The zero-order chi connectivity index (χ0) is 14.7. The molecule has 3 rings (SSSR count). The number of hydrogen-bond acceptors (Lipinski definition) is 3. The zero-order valence-corrected chi connectivity index (χ0v) is 12.1. The Labute approximate surface area is 123 Å². The molecule has 0 fully saturated rings. The van der Waals surface area contributed by atoms with E-state index in [9.17, 15) is 9.67 Å². The lowest BCUT2D eigenvalue weighted by atomic mass is 10.4. The van der Waals surface area contributed by atoms with Crippen LogP contribution in [0.2, 0.25) is 0 Å². The highest BCUT2D eigenvalue weighted by Gasteiger charge is 2.33. The topological polar surface area (TPSA) is 50.2 Å². The third-order valence-electron chi connectivity index (χ3n) is 3.30. The second kappa shape index (κ2) is 5.55. The number of hydrogen-bond donors (Lipinski definition) is 1.